The predicted molar refractivity (Wildman–Crippen MR) is 78.1 cm³/mol. The van der Waals surface area contributed by atoms with Gasteiger partial charge in [0.1, 0.15) is 11.4 Å². The van der Waals surface area contributed by atoms with Crippen LogP contribution in [0.2, 0.25) is 0 Å². The number of benzene rings is 2. The van der Waals surface area contributed by atoms with E-state index in [1.165, 1.54) is 6.07 Å². The lowest BCUT2D eigenvalue weighted by molar-refractivity contribution is 0.534. The van der Waals surface area contributed by atoms with Crippen molar-refractivity contribution in [1.29, 1.82) is 0 Å². The molecule has 0 radical (unpaired) electrons. The van der Waals surface area contributed by atoms with Crippen LogP contribution in [0.4, 0.5) is 5.69 Å². The maximum atomic E-state index is 12.0. The highest BCUT2D eigenvalue weighted by atomic mass is 16.4. The summed E-state index contributed by atoms with van der Waals surface area (Å²) in [6.45, 7) is 1.96. The van der Waals surface area contributed by atoms with Crippen molar-refractivity contribution in [1.82, 2.24) is 0 Å². The Morgan fingerprint density at radius 2 is 1.85 bits per heavy atom. The normalized spacial score (nSPS) is 10.7. The van der Waals surface area contributed by atoms with Crippen LogP contribution in [0.5, 0.6) is 0 Å². The van der Waals surface area contributed by atoms with Gasteiger partial charge in [-0.2, -0.15) is 0 Å². The van der Waals surface area contributed by atoms with Crippen molar-refractivity contribution < 1.29 is 4.42 Å². The second-order valence-corrected chi connectivity index (χ2v) is 4.58. The molecule has 1 aromatic heterocycles. The van der Waals surface area contributed by atoms with E-state index in [2.05, 4.69) is 5.18 Å². The lowest BCUT2D eigenvalue weighted by Gasteiger charge is -2.05. The molecule has 0 saturated heterocycles. The third-order valence-electron chi connectivity index (χ3n) is 3.26. The molecule has 0 fully saturated rings. The molecule has 0 amide bonds. The van der Waals surface area contributed by atoms with Crippen LogP contribution in [0.15, 0.2) is 62.9 Å². The number of hydrogen-bond acceptors (Lipinski definition) is 4. The van der Waals surface area contributed by atoms with Crippen LogP contribution >= 0.6 is 0 Å². The summed E-state index contributed by atoms with van der Waals surface area (Å²) in [5.41, 5.74) is 1.66. The topological polar surface area (TPSA) is 59.6 Å². The van der Waals surface area contributed by atoms with Crippen molar-refractivity contribution in [2.75, 3.05) is 0 Å². The molecule has 0 aliphatic rings. The van der Waals surface area contributed by atoms with Gasteiger partial charge in [0.15, 0.2) is 0 Å². The molecule has 0 spiro atoms. The first-order valence-electron chi connectivity index (χ1n) is 6.16. The van der Waals surface area contributed by atoms with Gasteiger partial charge in [-0.15, -0.1) is 4.91 Å². The fourth-order valence-corrected chi connectivity index (χ4v) is 2.21. The van der Waals surface area contributed by atoms with Gasteiger partial charge in [0.05, 0.1) is 5.39 Å². The van der Waals surface area contributed by atoms with Gasteiger partial charge in [-0.1, -0.05) is 30.3 Å². The molecule has 0 atom stereocenters. The van der Waals surface area contributed by atoms with Gasteiger partial charge >= 0.3 is 5.63 Å². The van der Waals surface area contributed by atoms with Crippen molar-refractivity contribution in [2.24, 2.45) is 5.18 Å². The maximum Gasteiger partial charge on any atom is 0.344 e. The molecule has 0 aliphatic carbocycles. The number of hydrogen-bond donors (Lipinski definition) is 0. The lowest BCUT2D eigenvalue weighted by Crippen LogP contribution is -2.00. The summed E-state index contributed by atoms with van der Waals surface area (Å²) < 4.78 is 5.36. The molecule has 3 aromatic rings. The van der Waals surface area contributed by atoms with Gasteiger partial charge in [0.2, 0.25) is 0 Å². The molecular formula is C16H11NO3. The summed E-state index contributed by atoms with van der Waals surface area (Å²) in [7, 11) is 0. The highest BCUT2D eigenvalue weighted by Gasteiger charge is 2.09. The third kappa shape index (κ3) is 2.01. The summed E-state index contributed by atoms with van der Waals surface area (Å²) >= 11 is 0. The molecule has 4 heteroatoms. The monoisotopic (exact) mass is 265 g/mol. The van der Waals surface area contributed by atoms with Crippen LogP contribution in [-0.4, -0.2) is 0 Å². The number of rotatable bonds is 2. The van der Waals surface area contributed by atoms with Crippen molar-refractivity contribution in [3.8, 4) is 11.3 Å². The van der Waals surface area contributed by atoms with E-state index in [9.17, 15) is 9.70 Å². The van der Waals surface area contributed by atoms with Gasteiger partial charge in [-0.3, -0.25) is 0 Å². The molecule has 0 aliphatic heterocycles. The third-order valence-corrected chi connectivity index (χ3v) is 3.26. The average molecular weight is 265 g/mol. The lowest BCUT2D eigenvalue weighted by atomic mass is 10.0. The quantitative estimate of drug-likeness (QED) is 0.653. The van der Waals surface area contributed by atoms with E-state index >= 15 is 0 Å². The zero-order chi connectivity index (χ0) is 14.1. The first-order valence-corrected chi connectivity index (χ1v) is 6.16. The fraction of sp³-hybridized carbons (Fsp3) is 0.0625. The highest BCUT2D eigenvalue weighted by molar-refractivity contribution is 5.86. The van der Waals surface area contributed by atoms with E-state index in [0.29, 0.717) is 11.1 Å². The standard InChI is InChI=1S/C16H11NO3/c1-10-4-2-3-5-13(10)15-8-11-6-7-12(17-19)9-14(11)16(18)20-15/h2-9H,1H3. The summed E-state index contributed by atoms with van der Waals surface area (Å²) in [5.74, 6) is 0.521. The fourth-order valence-electron chi connectivity index (χ4n) is 2.21. The SMILES string of the molecule is Cc1ccccc1-c1cc2ccc(N=O)cc2c(=O)o1. The predicted octanol–water partition coefficient (Wildman–Crippen LogP) is 4.17. The molecule has 0 bridgehead atoms. The second kappa shape index (κ2) is 4.74. The van der Waals surface area contributed by atoms with Crippen LogP contribution in [0.1, 0.15) is 5.56 Å². The van der Waals surface area contributed by atoms with Crippen LogP contribution in [-0.2, 0) is 0 Å². The zero-order valence-corrected chi connectivity index (χ0v) is 10.8. The van der Waals surface area contributed by atoms with Crippen LogP contribution in [0.25, 0.3) is 22.1 Å². The number of fused-ring (bicyclic) bond motifs is 1. The number of nitroso groups, excluding NO2 is 1. The Kier molecular flexibility index (Phi) is 2.91. The zero-order valence-electron chi connectivity index (χ0n) is 10.8. The number of nitrogens with zero attached hydrogens (tertiary/aromatic N) is 1. The average Bonchev–Trinajstić information content (AvgIpc) is 2.47. The van der Waals surface area contributed by atoms with Crippen molar-refractivity contribution in [3.63, 3.8) is 0 Å². The Balaban J connectivity index is 2.28. The van der Waals surface area contributed by atoms with Crippen LogP contribution in [0, 0.1) is 11.8 Å². The largest absolute Gasteiger partial charge is 0.422 e. The Hall–Kier alpha value is -2.75. The highest BCUT2D eigenvalue weighted by Crippen LogP contribution is 2.26. The van der Waals surface area contributed by atoms with Gasteiger partial charge in [-0.05, 0) is 41.2 Å². The van der Waals surface area contributed by atoms with Crippen LogP contribution in [0.3, 0.4) is 0 Å². The molecule has 2 aromatic carbocycles. The molecule has 3 rings (SSSR count). The Morgan fingerprint density at radius 3 is 2.60 bits per heavy atom. The van der Waals surface area contributed by atoms with Gasteiger partial charge < -0.3 is 4.42 Å². The first-order chi connectivity index (χ1) is 9.69. The second-order valence-electron chi connectivity index (χ2n) is 4.58. The van der Waals surface area contributed by atoms with E-state index < -0.39 is 5.63 Å². The Labute approximate surface area is 114 Å². The van der Waals surface area contributed by atoms with Gasteiger partial charge in [0.25, 0.3) is 0 Å². The maximum absolute atomic E-state index is 12.0. The molecule has 20 heavy (non-hydrogen) atoms. The van der Waals surface area contributed by atoms with E-state index in [1.807, 2.05) is 31.2 Å². The molecular weight excluding hydrogens is 254 g/mol. The Bertz CT molecular complexity index is 865. The van der Waals surface area contributed by atoms with E-state index in [1.54, 1.807) is 18.2 Å². The molecule has 0 unspecified atom stereocenters. The summed E-state index contributed by atoms with van der Waals surface area (Å²) in [5, 5.41) is 3.92. The van der Waals surface area contributed by atoms with E-state index in [0.717, 1.165) is 16.5 Å². The van der Waals surface area contributed by atoms with Gasteiger partial charge in [0, 0.05) is 5.56 Å². The van der Waals surface area contributed by atoms with E-state index in [-0.39, 0.29) is 5.69 Å². The van der Waals surface area contributed by atoms with Gasteiger partial charge in [-0.25, -0.2) is 4.79 Å². The molecule has 4 nitrogen and oxygen atoms in total. The number of aryl methyl sites for hydroxylation is 1. The van der Waals surface area contributed by atoms with Crippen molar-refractivity contribution in [2.45, 2.75) is 6.92 Å². The molecule has 0 N–H and O–H groups in total. The van der Waals surface area contributed by atoms with E-state index in [4.69, 9.17) is 4.42 Å². The molecule has 0 saturated carbocycles. The van der Waals surface area contributed by atoms with Crippen molar-refractivity contribution >= 4 is 16.5 Å². The smallest absolute Gasteiger partial charge is 0.344 e. The minimum Gasteiger partial charge on any atom is -0.422 e. The first kappa shape index (κ1) is 12.3. The van der Waals surface area contributed by atoms with Crippen molar-refractivity contribution in [3.05, 3.63) is 69.4 Å². The summed E-state index contributed by atoms with van der Waals surface area (Å²) in [6, 6.07) is 14.2. The summed E-state index contributed by atoms with van der Waals surface area (Å²) in [6.07, 6.45) is 0. The van der Waals surface area contributed by atoms with Crippen LogP contribution < -0.4 is 5.63 Å². The minimum atomic E-state index is -0.466. The molecule has 98 valence electrons. The molecule has 1 heterocycles. The minimum absolute atomic E-state index is 0.216. The Morgan fingerprint density at radius 1 is 1.05 bits per heavy atom. The summed E-state index contributed by atoms with van der Waals surface area (Å²) in [4.78, 5) is 22.6.